The standard InChI is InChI=1S/C11H12S.C2H6/c1-8(2)10-4-3-9-5-6-12-11(9)7-10;1-2/h3-8H,1-2H3;1-2H3. The predicted octanol–water partition coefficient (Wildman–Crippen LogP) is 5.05. The van der Waals surface area contributed by atoms with Gasteiger partial charge in [0, 0.05) is 4.70 Å². The molecule has 76 valence electrons. The van der Waals surface area contributed by atoms with Gasteiger partial charge < -0.3 is 0 Å². The summed E-state index contributed by atoms with van der Waals surface area (Å²) in [4.78, 5) is 0. The molecule has 0 unspecified atom stereocenters. The third-order valence-corrected chi connectivity index (χ3v) is 3.03. The highest BCUT2D eigenvalue weighted by atomic mass is 32.1. The first-order valence-electron chi connectivity index (χ1n) is 5.24. The lowest BCUT2D eigenvalue weighted by molar-refractivity contribution is 0.869. The van der Waals surface area contributed by atoms with Gasteiger partial charge in [0.15, 0.2) is 0 Å². The maximum absolute atomic E-state index is 2.30. The lowest BCUT2D eigenvalue weighted by atomic mass is 10.0. The molecule has 0 fully saturated rings. The van der Waals surface area contributed by atoms with Crippen LogP contribution < -0.4 is 0 Å². The monoisotopic (exact) mass is 206 g/mol. The van der Waals surface area contributed by atoms with Gasteiger partial charge in [-0.2, -0.15) is 0 Å². The Kier molecular flexibility index (Phi) is 4.15. The summed E-state index contributed by atoms with van der Waals surface area (Å²) in [5.41, 5.74) is 1.44. The highest BCUT2D eigenvalue weighted by Crippen LogP contribution is 2.25. The molecule has 0 aliphatic rings. The summed E-state index contributed by atoms with van der Waals surface area (Å²) in [5.74, 6) is 0.636. The van der Waals surface area contributed by atoms with E-state index in [1.807, 2.05) is 25.2 Å². The van der Waals surface area contributed by atoms with Crippen LogP contribution in [0.25, 0.3) is 10.1 Å². The second kappa shape index (κ2) is 5.16. The van der Waals surface area contributed by atoms with Gasteiger partial charge in [0.1, 0.15) is 0 Å². The molecule has 0 amide bonds. The van der Waals surface area contributed by atoms with Crippen molar-refractivity contribution in [2.45, 2.75) is 33.6 Å². The third-order valence-electron chi connectivity index (χ3n) is 2.15. The summed E-state index contributed by atoms with van der Waals surface area (Å²) in [7, 11) is 0. The van der Waals surface area contributed by atoms with E-state index in [4.69, 9.17) is 0 Å². The van der Waals surface area contributed by atoms with Crippen molar-refractivity contribution in [3.05, 3.63) is 35.2 Å². The molecule has 0 radical (unpaired) electrons. The molecule has 0 N–H and O–H groups in total. The quantitative estimate of drug-likeness (QED) is 0.612. The van der Waals surface area contributed by atoms with E-state index in [0.29, 0.717) is 5.92 Å². The Labute approximate surface area is 90.6 Å². The van der Waals surface area contributed by atoms with Crippen LogP contribution in [-0.4, -0.2) is 0 Å². The number of hydrogen-bond acceptors (Lipinski definition) is 1. The van der Waals surface area contributed by atoms with Crippen LogP contribution in [0.3, 0.4) is 0 Å². The molecule has 0 nitrogen and oxygen atoms in total. The maximum Gasteiger partial charge on any atom is 0.0345 e. The fourth-order valence-corrected chi connectivity index (χ4v) is 2.17. The third kappa shape index (κ3) is 2.36. The van der Waals surface area contributed by atoms with E-state index in [1.165, 1.54) is 15.6 Å². The molecule has 0 aliphatic heterocycles. The number of rotatable bonds is 1. The summed E-state index contributed by atoms with van der Waals surface area (Å²) in [6.07, 6.45) is 0. The van der Waals surface area contributed by atoms with Crippen molar-refractivity contribution in [3.8, 4) is 0 Å². The van der Waals surface area contributed by atoms with Gasteiger partial charge in [0.05, 0.1) is 0 Å². The summed E-state index contributed by atoms with van der Waals surface area (Å²) < 4.78 is 1.40. The van der Waals surface area contributed by atoms with Gasteiger partial charge in [0.2, 0.25) is 0 Å². The molecule has 0 spiro atoms. The number of hydrogen-bond donors (Lipinski definition) is 0. The fourth-order valence-electron chi connectivity index (χ4n) is 1.33. The minimum atomic E-state index is 0.636. The number of thiophene rings is 1. The number of benzene rings is 1. The summed E-state index contributed by atoms with van der Waals surface area (Å²) >= 11 is 1.82. The Morgan fingerprint density at radius 1 is 1.07 bits per heavy atom. The van der Waals surface area contributed by atoms with E-state index in [2.05, 4.69) is 43.5 Å². The van der Waals surface area contributed by atoms with Crippen LogP contribution in [0.1, 0.15) is 39.2 Å². The van der Waals surface area contributed by atoms with Crippen molar-refractivity contribution in [2.24, 2.45) is 0 Å². The lowest BCUT2D eigenvalue weighted by Gasteiger charge is -2.03. The molecule has 0 bridgehead atoms. The topological polar surface area (TPSA) is 0 Å². The van der Waals surface area contributed by atoms with E-state index >= 15 is 0 Å². The molecule has 1 aromatic carbocycles. The average molecular weight is 206 g/mol. The second-order valence-corrected chi connectivity index (χ2v) is 4.32. The van der Waals surface area contributed by atoms with Gasteiger partial charge in [-0.3, -0.25) is 0 Å². The molecule has 2 aromatic rings. The largest absolute Gasteiger partial charge is 0.144 e. The van der Waals surface area contributed by atoms with E-state index in [-0.39, 0.29) is 0 Å². The number of fused-ring (bicyclic) bond motifs is 1. The van der Waals surface area contributed by atoms with E-state index < -0.39 is 0 Å². The molecular weight excluding hydrogens is 188 g/mol. The first kappa shape index (κ1) is 11.3. The van der Waals surface area contributed by atoms with Crippen LogP contribution in [0.5, 0.6) is 0 Å². The van der Waals surface area contributed by atoms with Gasteiger partial charge in [-0.1, -0.05) is 39.8 Å². The Morgan fingerprint density at radius 2 is 1.79 bits per heavy atom. The second-order valence-electron chi connectivity index (χ2n) is 3.37. The zero-order chi connectivity index (χ0) is 10.6. The first-order chi connectivity index (χ1) is 6.77. The van der Waals surface area contributed by atoms with Crippen LogP contribution in [0.4, 0.5) is 0 Å². The Bertz CT molecular complexity index is 385. The Balaban J connectivity index is 0.000000461. The minimum Gasteiger partial charge on any atom is -0.144 e. The van der Waals surface area contributed by atoms with Crippen molar-refractivity contribution in [3.63, 3.8) is 0 Å². The van der Waals surface area contributed by atoms with Crippen molar-refractivity contribution < 1.29 is 0 Å². The molecular formula is C13H18S. The SMILES string of the molecule is CC.CC(C)c1ccc2ccsc2c1. The van der Waals surface area contributed by atoms with E-state index in [9.17, 15) is 0 Å². The molecule has 0 atom stereocenters. The van der Waals surface area contributed by atoms with Crippen LogP contribution in [0.2, 0.25) is 0 Å². The average Bonchev–Trinajstić information content (AvgIpc) is 2.67. The summed E-state index contributed by atoms with van der Waals surface area (Å²) in [6.45, 7) is 8.46. The van der Waals surface area contributed by atoms with Gasteiger partial charge in [-0.15, -0.1) is 11.3 Å². The van der Waals surface area contributed by atoms with Crippen LogP contribution in [0.15, 0.2) is 29.6 Å². The van der Waals surface area contributed by atoms with Crippen molar-refractivity contribution in [1.29, 1.82) is 0 Å². The maximum atomic E-state index is 2.30. The molecule has 0 saturated carbocycles. The van der Waals surface area contributed by atoms with E-state index in [1.54, 1.807) is 0 Å². The minimum absolute atomic E-state index is 0.636. The zero-order valence-corrected chi connectivity index (χ0v) is 10.2. The molecule has 0 aliphatic carbocycles. The molecule has 0 saturated heterocycles. The summed E-state index contributed by atoms with van der Waals surface area (Å²) in [6, 6.07) is 8.90. The highest BCUT2D eigenvalue weighted by Gasteiger charge is 2.00. The van der Waals surface area contributed by atoms with E-state index in [0.717, 1.165) is 0 Å². The van der Waals surface area contributed by atoms with Crippen molar-refractivity contribution in [1.82, 2.24) is 0 Å². The molecule has 1 heterocycles. The summed E-state index contributed by atoms with van der Waals surface area (Å²) in [5, 5.41) is 3.51. The Hall–Kier alpha value is -0.820. The van der Waals surface area contributed by atoms with Crippen molar-refractivity contribution in [2.75, 3.05) is 0 Å². The molecule has 14 heavy (non-hydrogen) atoms. The lowest BCUT2D eigenvalue weighted by Crippen LogP contribution is -1.84. The molecule has 2 rings (SSSR count). The molecule has 1 aromatic heterocycles. The smallest absolute Gasteiger partial charge is 0.0345 e. The van der Waals surface area contributed by atoms with Crippen LogP contribution in [-0.2, 0) is 0 Å². The van der Waals surface area contributed by atoms with Gasteiger partial charge in [0.25, 0.3) is 0 Å². The highest BCUT2D eigenvalue weighted by molar-refractivity contribution is 7.17. The van der Waals surface area contributed by atoms with Gasteiger partial charge in [-0.05, 0) is 34.4 Å². The fraction of sp³-hybridized carbons (Fsp3) is 0.385. The van der Waals surface area contributed by atoms with Gasteiger partial charge >= 0.3 is 0 Å². The Morgan fingerprint density at radius 3 is 2.43 bits per heavy atom. The predicted molar refractivity (Wildman–Crippen MR) is 67.3 cm³/mol. The van der Waals surface area contributed by atoms with Gasteiger partial charge in [-0.25, -0.2) is 0 Å². The van der Waals surface area contributed by atoms with Crippen molar-refractivity contribution >= 4 is 21.4 Å². The van der Waals surface area contributed by atoms with Crippen LogP contribution in [0, 0.1) is 0 Å². The molecule has 1 heteroatoms. The van der Waals surface area contributed by atoms with Crippen LogP contribution >= 0.6 is 11.3 Å². The zero-order valence-electron chi connectivity index (χ0n) is 9.37. The normalized spacial score (nSPS) is 10.1. The first-order valence-corrected chi connectivity index (χ1v) is 6.12.